The van der Waals surface area contributed by atoms with Gasteiger partial charge in [-0.1, -0.05) is 17.4 Å². The number of benzene rings is 1. The third kappa shape index (κ3) is 2.92. The minimum absolute atomic E-state index is 0.264. The van der Waals surface area contributed by atoms with E-state index in [-0.39, 0.29) is 12.3 Å². The number of carbonyl (C=O) groups excluding carboxylic acids is 2. The number of carboxylic acid groups (broad SMARTS) is 1. The number of aromatic nitrogens is 1. The monoisotopic (exact) mass is 375 g/mol. The van der Waals surface area contributed by atoms with Gasteiger partial charge in [-0.25, -0.2) is 14.6 Å². The highest BCUT2D eigenvalue weighted by Crippen LogP contribution is 2.36. The zero-order chi connectivity index (χ0) is 18.3. The largest absolute Gasteiger partial charge is 0.465 e. The lowest BCUT2D eigenvalue weighted by Gasteiger charge is -2.32. The van der Waals surface area contributed by atoms with Gasteiger partial charge in [0.2, 0.25) is 5.91 Å². The fourth-order valence-corrected chi connectivity index (χ4v) is 4.29. The predicted molar refractivity (Wildman–Crippen MR) is 96.9 cm³/mol. The van der Waals surface area contributed by atoms with Crippen LogP contribution in [0.2, 0.25) is 0 Å². The summed E-state index contributed by atoms with van der Waals surface area (Å²) in [6.07, 6.45) is -0.632. The van der Waals surface area contributed by atoms with E-state index in [1.165, 1.54) is 16.2 Å². The van der Waals surface area contributed by atoms with Crippen LogP contribution >= 0.6 is 11.3 Å². The van der Waals surface area contributed by atoms with Crippen LogP contribution in [0.3, 0.4) is 0 Å². The lowest BCUT2D eigenvalue weighted by molar-refractivity contribution is -0.120. The number of imide groups is 1. The Balaban J connectivity index is 1.61. The van der Waals surface area contributed by atoms with E-state index in [9.17, 15) is 14.4 Å². The highest BCUT2D eigenvalue weighted by molar-refractivity contribution is 7.22. The van der Waals surface area contributed by atoms with Gasteiger partial charge in [-0.15, -0.1) is 0 Å². The van der Waals surface area contributed by atoms with Crippen LogP contribution < -0.4 is 15.1 Å². The number of carbonyl (C=O) groups is 3. The minimum atomic E-state index is -0.901. The van der Waals surface area contributed by atoms with Gasteiger partial charge >= 0.3 is 12.1 Å². The Morgan fingerprint density at radius 1 is 1.15 bits per heavy atom. The van der Waals surface area contributed by atoms with Gasteiger partial charge in [-0.05, 0) is 12.1 Å². The molecule has 1 aromatic heterocycles. The van der Waals surface area contributed by atoms with Crippen molar-refractivity contribution < 1.29 is 19.5 Å². The van der Waals surface area contributed by atoms with Gasteiger partial charge in [0, 0.05) is 39.1 Å². The van der Waals surface area contributed by atoms with E-state index in [1.807, 2.05) is 18.2 Å². The number of rotatable bonds is 2. The van der Waals surface area contributed by atoms with E-state index in [2.05, 4.69) is 15.2 Å². The Hall–Kier alpha value is -2.88. The summed E-state index contributed by atoms with van der Waals surface area (Å²) in [5.41, 5.74) is 1.52. The third-order valence-corrected chi connectivity index (χ3v) is 5.70. The van der Waals surface area contributed by atoms with Crippen molar-refractivity contribution >= 4 is 50.4 Å². The quantitative estimate of drug-likeness (QED) is 0.825. The smallest absolute Gasteiger partial charge is 0.407 e. The Labute approximate surface area is 152 Å². The molecule has 0 unspecified atom stereocenters. The first kappa shape index (κ1) is 16.6. The number of piperazine rings is 1. The van der Waals surface area contributed by atoms with Gasteiger partial charge in [0.15, 0.2) is 5.13 Å². The van der Waals surface area contributed by atoms with E-state index in [1.54, 1.807) is 4.90 Å². The molecule has 2 aliphatic rings. The summed E-state index contributed by atoms with van der Waals surface area (Å²) in [4.78, 5) is 44.3. The van der Waals surface area contributed by atoms with Crippen molar-refractivity contribution in [2.24, 2.45) is 0 Å². The fourth-order valence-electron chi connectivity index (χ4n) is 3.15. The van der Waals surface area contributed by atoms with Crippen LogP contribution in [0.4, 0.5) is 20.4 Å². The van der Waals surface area contributed by atoms with Crippen LogP contribution in [0, 0.1) is 0 Å². The Morgan fingerprint density at radius 2 is 1.92 bits per heavy atom. The van der Waals surface area contributed by atoms with Gasteiger partial charge < -0.3 is 14.9 Å². The molecular formula is C16H17N5O4S. The highest BCUT2D eigenvalue weighted by atomic mass is 32.1. The van der Waals surface area contributed by atoms with Crippen molar-refractivity contribution in [3.63, 3.8) is 0 Å². The van der Waals surface area contributed by atoms with E-state index in [0.29, 0.717) is 32.7 Å². The second-order valence-corrected chi connectivity index (χ2v) is 7.11. The van der Waals surface area contributed by atoms with Crippen molar-refractivity contribution in [2.75, 3.05) is 42.5 Å². The zero-order valence-corrected chi connectivity index (χ0v) is 14.7. The number of thiazole rings is 1. The first-order valence-corrected chi connectivity index (χ1v) is 9.08. The van der Waals surface area contributed by atoms with Crippen LogP contribution in [-0.4, -0.2) is 65.7 Å². The van der Waals surface area contributed by atoms with Gasteiger partial charge in [0.05, 0.1) is 15.9 Å². The van der Waals surface area contributed by atoms with E-state index in [0.717, 1.165) is 21.0 Å². The molecule has 2 N–H and O–H groups in total. The molecule has 10 heteroatoms. The molecule has 1 aromatic carbocycles. The molecule has 0 atom stereocenters. The molecule has 0 bridgehead atoms. The topological polar surface area (TPSA) is 106 Å². The van der Waals surface area contributed by atoms with Crippen molar-refractivity contribution in [3.8, 4) is 0 Å². The molecule has 3 heterocycles. The molecule has 0 radical (unpaired) electrons. The van der Waals surface area contributed by atoms with Crippen molar-refractivity contribution in [1.82, 2.24) is 15.2 Å². The first-order valence-electron chi connectivity index (χ1n) is 8.26. The molecule has 2 fully saturated rings. The predicted octanol–water partition coefficient (Wildman–Crippen LogP) is 1.54. The number of hydrogen-bond donors (Lipinski definition) is 2. The number of fused-ring (bicyclic) bond motifs is 1. The number of nitrogens with zero attached hydrogens (tertiary/aromatic N) is 4. The van der Waals surface area contributed by atoms with Crippen LogP contribution in [-0.2, 0) is 4.79 Å². The van der Waals surface area contributed by atoms with Gasteiger partial charge in [-0.3, -0.25) is 15.0 Å². The van der Waals surface area contributed by atoms with Crippen LogP contribution in [0.15, 0.2) is 18.2 Å². The SMILES string of the molecule is O=C1CCN(c2cccc3nc(N4CCN(C(=O)O)CC4)sc23)C(=O)N1. The third-order valence-electron chi connectivity index (χ3n) is 4.55. The van der Waals surface area contributed by atoms with Gasteiger partial charge in [-0.2, -0.15) is 0 Å². The maximum absolute atomic E-state index is 12.2. The number of nitrogens with one attached hydrogen (secondary N) is 1. The summed E-state index contributed by atoms with van der Waals surface area (Å²) in [6.45, 7) is 2.39. The molecule has 2 aliphatic heterocycles. The normalized spacial score (nSPS) is 18.4. The van der Waals surface area contributed by atoms with Crippen molar-refractivity contribution in [3.05, 3.63) is 18.2 Å². The Morgan fingerprint density at radius 3 is 2.62 bits per heavy atom. The molecule has 2 aromatic rings. The number of urea groups is 1. The average Bonchev–Trinajstić information content (AvgIpc) is 3.06. The molecular weight excluding hydrogens is 358 g/mol. The molecule has 9 nitrogen and oxygen atoms in total. The zero-order valence-electron chi connectivity index (χ0n) is 13.8. The minimum Gasteiger partial charge on any atom is -0.465 e. The second-order valence-electron chi connectivity index (χ2n) is 6.13. The number of anilines is 2. The summed E-state index contributed by atoms with van der Waals surface area (Å²) in [7, 11) is 0. The molecule has 2 saturated heterocycles. The summed E-state index contributed by atoms with van der Waals surface area (Å²) in [5.74, 6) is -0.264. The van der Waals surface area contributed by atoms with Gasteiger partial charge in [0.25, 0.3) is 0 Å². The number of amides is 4. The van der Waals surface area contributed by atoms with Crippen molar-refractivity contribution in [2.45, 2.75) is 6.42 Å². The molecule has 0 spiro atoms. The Bertz CT molecular complexity index is 890. The van der Waals surface area contributed by atoms with E-state index < -0.39 is 12.1 Å². The molecule has 4 amide bonds. The standard InChI is InChI=1S/C16H17N5O4S/c22-12-4-5-21(14(23)18-12)11-3-1-2-10-13(11)26-15(17-10)19-6-8-20(9-7-19)16(24)25/h1-3H,4-9H2,(H,24,25)(H,18,22,23). The van der Waals surface area contributed by atoms with E-state index >= 15 is 0 Å². The highest BCUT2D eigenvalue weighted by Gasteiger charge is 2.27. The lowest BCUT2D eigenvalue weighted by Crippen LogP contribution is -2.49. The van der Waals surface area contributed by atoms with Crippen LogP contribution in [0.5, 0.6) is 0 Å². The van der Waals surface area contributed by atoms with Crippen LogP contribution in [0.1, 0.15) is 6.42 Å². The lowest BCUT2D eigenvalue weighted by atomic mass is 10.2. The summed E-state index contributed by atoms with van der Waals surface area (Å²) >= 11 is 1.48. The molecule has 0 saturated carbocycles. The Kier molecular flexibility index (Phi) is 4.11. The summed E-state index contributed by atoms with van der Waals surface area (Å²) in [6, 6.07) is 5.16. The molecule has 136 valence electrons. The summed E-state index contributed by atoms with van der Waals surface area (Å²) < 4.78 is 0.882. The fraction of sp³-hybridized carbons (Fsp3) is 0.375. The number of hydrogen-bond acceptors (Lipinski definition) is 6. The maximum Gasteiger partial charge on any atom is 0.407 e. The van der Waals surface area contributed by atoms with Crippen molar-refractivity contribution in [1.29, 1.82) is 0 Å². The molecule has 26 heavy (non-hydrogen) atoms. The first-order chi connectivity index (χ1) is 12.5. The maximum atomic E-state index is 12.2. The summed E-state index contributed by atoms with van der Waals surface area (Å²) in [5, 5.41) is 12.2. The second kappa shape index (κ2) is 6.45. The average molecular weight is 375 g/mol. The van der Waals surface area contributed by atoms with E-state index in [4.69, 9.17) is 5.11 Å². The van der Waals surface area contributed by atoms with Crippen LogP contribution in [0.25, 0.3) is 10.2 Å². The molecule has 0 aliphatic carbocycles. The van der Waals surface area contributed by atoms with Gasteiger partial charge in [0.1, 0.15) is 0 Å². The molecule has 4 rings (SSSR count).